The molecule has 2 atom stereocenters. The fourth-order valence-electron chi connectivity index (χ4n) is 2.64. The van der Waals surface area contributed by atoms with Crippen LogP contribution in [0.2, 0.25) is 0 Å². The average Bonchev–Trinajstić information content (AvgIpc) is 2.38. The average molecular weight is 389 g/mol. The number of alkyl halides is 1. The SMILES string of the molecule is Cc1ccc(C(=O)N(C)C2CCCCC2Br)c(Br)c1. The lowest BCUT2D eigenvalue weighted by Gasteiger charge is -2.35. The van der Waals surface area contributed by atoms with Crippen LogP contribution in [-0.4, -0.2) is 28.7 Å². The topological polar surface area (TPSA) is 20.3 Å². The highest BCUT2D eigenvalue weighted by molar-refractivity contribution is 9.10. The maximum absolute atomic E-state index is 12.6. The second-order valence-electron chi connectivity index (χ2n) is 5.27. The minimum absolute atomic E-state index is 0.100. The predicted octanol–water partition coefficient (Wildman–Crippen LogP) is 4.54. The maximum Gasteiger partial charge on any atom is 0.255 e. The molecule has 0 spiro atoms. The van der Waals surface area contributed by atoms with Crippen molar-refractivity contribution in [3.8, 4) is 0 Å². The molecule has 1 saturated carbocycles. The monoisotopic (exact) mass is 387 g/mol. The number of nitrogens with zero attached hydrogens (tertiary/aromatic N) is 1. The molecule has 1 aliphatic rings. The van der Waals surface area contributed by atoms with Crippen LogP contribution in [0.4, 0.5) is 0 Å². The van der Waals surface area contributed by atoms with Crippen LogP contribution in [0.1, 0.15) is 41.6 Å². The molecule has 1 aliphatic carbocycles. The van der Waals surface area contributed by atoms with Gasteiger partial charge in [0.15, 0.2) is 0 Å². The number of rotatable bonds is 2. The van der Waals surface area contributed by atoms with E-state index in [1.807, 2.05) is 37.1 Å². The Morgan fingerprint density at radius 3 is 2.63 bits per heavy atom. The molecule has 0 N–H and O–H groups in total. The Balaban J connectivity index is 2.18. The summed E-state index contributed by atoms with van der Waals surface area (Å²) in [6.07, 6.45) is 4.70. The van der Waals surface area contributed by atoms with Crippen molar-refractivity contribution in [2.45, 2.75) is 43.5 Å². The van der Waals surface area contributed by atoms with Gasteiger partial charge in [-0.2, -0.15) is 0 Å². The molecule has 1 fully saturated rings. The molecular formula is C15H19Br2NO. The fraction of sp³-hybridized carbons (Fsp3) is 0.533. The summed E-state index contributed by atoms with van der Waals surface area (Å²) in [6, 6.07) is 6.19. The first kappa shape index (κ1) is 15.0. The van der Waals surface area contributed by atoms with Crippen LogP contribution in [0.15, 0.2) is 22.7 Å². The van der Waals surface area contributed by atoms with E-state index >= 15 is 0 Å². The van der Waals surface area contributed by atoms with Crippen molar-refractivity contribution in [1.82, 2.24) is 4.90 Å². The van der Waals surface area contributed by atoms with E-state index in [1.54, 1.807) is 0 Å². The minimum Gasteiger partial charge on any atom is -0.338 e. The normalized spacial score (nSPS) is 23.2. The molecule has 2 nitrogen and oxygen atoms in total. The molecule has 19 heavy (non-hydrogen) atoms. The van der Waals surface area contributed by atoms with Crippen molar-refractivity contribution < 1.29 is 4.79 Å². The highest BCUT2D eigenvalue weighted by Crippen LogP contribution is 2.29. The molecule has 0 radical (unpaired) electrons. The van der Waals surface area contributed by atoms with Gasteiger partial charge in [-0.25, -0.2) is 0 Å². The molecule has 0 bridgehead atoms. The van der Waals surface area contributed by atoms with Crippen molar-refractivity contribution in [3.05, 3.63) is 33.8 Å². The van der Waals surface area contributed by atoms with Gasteiger partial charge < -0.3 is 4.90 Å². The van der Waals surface area contributed by atoms with Crippen LogP contribution in [0.25, 0.3) is 0 Å². The van der Waals surface area contributed by atoms with Crippen molar-refractivity contribution >= 4 is 37.8 Å². The van der Waals surface area contributed by atoms with Gasteiger partial charge in [0.1, 0.15) is 0 Å². The number of benzene rings is 1. The first-order chi connectivity index (χ1) is 9.00. The quantitative estimate of drug-likeness (QED) is 0.681. The highest BCUT2D eigenvalue weighted by atomic mass is 79.9. The predicted molar refractivity (Wildman–Crippen MR) is 85.9 cm³/mol. The zero-order chi connectivity index (χ0) is 14.0. The summed E-state index contributed by atoms with van der Waals surface area (Å²) < 4.78 is 0.881. The van der Waals surface area contributed by atoms with Gasteiger partial charge in [-0.1, -0.05) is 34.8 Å². The largest absolute Gasteiger partial charge is 0.338 e. The number of hydrogen-bond acceptors (Lipinski definition) is 1. The van der Waals surface area contributed by atoms with E-state index < -0.39 is 0 Å². The third-order valence-electron chi connectivity index (χ3n) is 3.82. The molecule has 0 aliphatic heterocycles. The van der Waals surface area contributed by atoms with E-state index in [1.165, 1.54) is 12.8 Å². The molecule has 1 aromatic rings. The number of hydrogen-bond donors (Lipinski definition) is 0. The second-order valence-corrected chi connectivity index (χ2v) is 7.30. The van der Waals surface area contributed by atoms with Crippen LogP contribution in [-0.2, 0) is 0 Å². The van der Waals surface area contributed by atoms with E-state index in [9.17, 15) is 4.79 Å². The Morgan fingerprint density at radius 1 is 1.32 bits per heavy atom. The standard InChI is InChI=1S/C15H19Br2NO/c1-10-7-8-11(13(17)9-10)15(19)18(2)14-6-4-3-5-12(14)16/h7-9,12,14H,3-6H2,1-2H3. The first-order valence-corrected chi connectivity index (χ1v) is 8.39. The summed E-state index contributed by atoms with van der Waals surface area (Å²) >= 11 is 7.22. The van der Waals surface area contributed by atoms with Gasteiger partial charge in [0, 0.05) is 22.4 Å². The van der Waals surface area contributed by atoms with Crippen LogP contribution in [0.5, 0.6) is 0 Å². The van der Waals surface area contributed by atoms with E-state index in [2.05, 4.69) is 31.9 Å². The molecule has 2 unspecified atom stereocenters. The third-order valence-corrected chi connectivity index (χ3v) is 5.54. The summed E-state index contributed by atoms with van der Waals surface area (Å²) in [7, 11) is 1.92. The lowest BCUT2D eigenvalue weighted by Crippen LogP contribution is -2.44. The summed E-state index contributed by atoms with van der Waals surface area (Å²) in [5.74, 6) is 0.100. The lowest BCUT2D eigenvalue weighted by molar-refractivity contribution is 0.0704. The van der Waals surface area contributed by atoms with Crippen molar-refractivity contribution in [1.29, 1.82) is 0 Å². The first-order valence-electron chi connectivity index (χ1n) is 6.68. The Labute approximate surface area is 131 Å². The highest BCUT2D eigenvalue weighted by Gasteiger charge is 2.30. The summed E-state index contributed by atoms with van der Waals surface area (Å²) in [6.45, 7) is 2.03. The number of carbonyl (C=O) groups excluding carboxylic acids is 1. The smallest absolute Gasteiger partial charge is 0.255 e. The van der Waals surface area contributed by atoms with Crippen LogP contribution >= 0.6 is 31.9 Å². The third kappa shape index (κ3) is 3.40. The van der Waals surface area contributed by atoms with E-state index in [4.69, 9.17) is 0 Å². The van der Waals surface area contributed by atoms with Crippen LogP contribution in [0, 0.1) is 6.92 Å². The molecule has 4 heteroatoms. The summed E-state index contributed by atoms with van der Waals surface area (Å²) in [5.41, 5.74) is 1.90. The van der Waals surface area contributed by atoms with Crippen LogP contribution < -0.4 is 0 Å². The maximum atomic E-state index is 12.6. The van der Waals surface area contributed by atoms with Gasteiger partial charge in [0.05, 0.1) is 5.56 Å². The molecule has 2 rings (SSSR count). The zero-order valence-electron chi connectivity index (χ0n) is 11.3. The molecule has 1 amide bonds. The molecular weight excluding hydrogens is 370 g/mol. The van der Waals surface area contributed by atoms with Crippen molar-refractivity contribution in [2.24, 2.45) is 0 Å². The van der Waals surface area contributed by atoms with Gasteiger partial charge in [-0.15, -0.1) is 0 Å². The molecule has 1 aromatic carbocycles. The number of halogens is 2. The lowest BCUT2D eigenvalue weighted by atomic mass is 9.94. The van der Waals surface area contributed by atoms with Gasteiger partial charge in [-0.05, 0) is 53.4 Å². The van der Waals surface area contributed by atoms with E-state index in [0.717, 1.165) is 28.4 Å². The zero-order valence-corrected chi connectivity index (χ0v) is 14.5. The van der Waals surface area contributed by atoms with Crippen LogP contribution in [0.3, 0.4) is 0 Å². The Bertz CT molecular complexity index is 475. The van der Waals surface area contributed by atoms with E-state index in [0.29, 0.717) is 10.9 Å². The van der Waals surface area contributed by atoms with Crippen molar-refractivity contribution in [2.75, 3.05) is 7.05 Å². The number of aryl methyl sites for hydroxylation is 1. The minimum atomic E-state index is 0.100. The van der Waals surface area contributed by atoms with Gasteiger partial charge in [0.25, 0.3) is 5.91 Å². The number of carbonyl (C=O) groups is 1. The van der Waals surface area contributed by atoms with Gasteiger partial charge in [0.2, 0.25) is 0 Å². The van der Waals surface area contributed by atoms with Gasteiger partial charge in [-0.3, -0.25) is 4.79 Å². The molecule has 0 aromatic heterocycles. The Kier molecular flexibility index (Phi) is 5.07. The van der Waals surface area contributed by atoms with Crippen molar-refractivity contribution in [3.63, 3.8) is 0 Å². The van der Waals surface area contributed by atoms with E-state index in [-0.39, 0.29) is 5.91 Å². The fourth-order valence-corrected chi connectivity index (χ4v) is 4.24. The molecule has 0 saturated heterocycles. The molecule has 104 valence electrons. The second kappa shape index (κ2) is 6.40. The number of amides is 1. The summed E-state index contributed by atoms with van der Waals surface area (Å²) in [4.78, 5) is 14.9. The Morgan fingerprint density at radius 2 is 2.00 bits per heavy atom. The van der Waals surface area contributed by atoms with Gasteiger partial charge >= 0.3 is 0 Å². The summed E-state index contributed by atoms with van der Waals surface area (Å²) in [5, 5.41) is 0. The Hall–Kier alpha value is -0.350. The molecule has 0 heterocycles.